The smallest absolute Gasteiger partial charge is 0.215 e. The molecule has 12 heavy (non-hydrogen) atoms. The van der Waals surface area contributed by atoms with E-state index >= 15 is 0 Å². The fourth-order valence-electron chi connectivity index (χ4n) is 0.966. The molecular formula is C7H3ClN2OS. The van der Waals surface area contributed by atoms with E-state index in [1.807, 2.05) is 0 Å². The maximum absolute atomic E-state index is 10.4. The van der Waals surface area contributed by atoms with Crippen LogP contribution in [0, 0.1) is 0 Å². The van der Waals surface area contributed by atoms with Crippen molar-refractivity contribution in [3.63, 3.8) is 0 Å². The maximum atomic E-state index is 10.4. The first-order valence-electron chi connectivity index (χ1n) is 3.20. The summed E-state index contributed by atoms with van der Waals surface area (Å²) in [6.45, 7) is 0. The molecule has 0 fully saturated rings. The average Bonchev–Trinajstić information content (AvgIpc) is 2.49. The van der Waals surface area contributed by atoms with E-state index in [1.54, 1.807) is 18.2 Å². The van der Waals surface area contributed by atoms with Crippen molar-refractivity contribution >= 4 is 28.0 Å². The minimum Gasteiger partial charge on any atom is -0.215 e. The third-order valence-electron chi connectivity index (χ3n) is 1.46. The van der Waals surface area contributed by atoms with E-state index in [1.165, 1.54) is 0 Å². The molecule has 0 spiro atoms. The Bertz CT molecular complexity index is 505. The van der Waals surface area contributed by atoms with Crippen LogP contribution < -0.4 is 10.7 Å². The van der Waals surface area contributed by atoms with Gasteiger partial charge >= 0.3 is 0 Å². The molecule has 0 aromatic heterocycles. The zero-order chi connectivity index (χ0) is 8.55. The highest BCUT2D eigenvalue weighted by Gasteiger charge is 2.04. The predicted molar refractivity (Wildman–Crippen MR) is 46.9 cm³/mol. The number of rotatable bonds is 0. The molecule has 0 N–H and O–H groups in total. The highest BCUT2D eigenvalue weighted by molar-refractivity contribution is 7.66. The third kappa shape index (κ3) is 1.09. The Morgan fingerprint density at radius 3 is 2.83 bits per heavy atom. The molecule has 0 aliphatic carbocycles. The Morgan fingerprint density at radius 1 is 1.33 bits per heavy atom. The van der Waals surface area contributed by atoms with E-state index in [4.69, 9.17) is 11.6 Å². The molecule has 0 amide bonds. The second-order valence-corrected chi connectivity index (χ2v) is 3.14. The molecular weight excluding hydrogens is 196 g/mol. The molecule has 0 bridgehead atoms. The quantitative estimate of drug-likeness (QED) is 0.537. The van der Waals surface area contributed by atoms with E-state index in [0.29, 0.717) is 15.7 Å². The lowest BCUT2D eigenvalue weighted by atomic mass is 10.3. The fraction of sp³-hybridized carbons (Fsp3) is 0. The number of benzene rings is 1. The van der Waals surface area contributed by atoms with E-state index in [0.717, 1.165) is 0 Å². The lowest BCUT2D eigenvalue weighted by Crippen LogP contribution is -2.21. The Balaban J connectivity index is 2.94. The molecule has 0 radical (unpaired) electrons. The summed E-state index contributed by atoms with van der Waals surface area (Å²) in [4.78, 5) is 7.89. The monoisotopic (exact) mass is 198 g/mol. The molecule has 2 rings (SSSR count). The molecule has 5 heteroatoms. The van der Waals surface area contributed by atoms with Gasteiger partial charge in [-0.2, -0.15) is 0 Å². The van der Waals surface area contributed by atoms with Gasteiger partial charge in [0.15, 0.2) is 0 Å². The first-order valence-corrected chi connectivity index (χ1v) is 4.32. The van der Waals surface area contributed by atoms with E-state index in [-0.39, 0.29) is 16.4 Å². The van der Waals surface area contributed by atoms with Crippen LogP contribution in [0.5, 0.6) is 0 Å². The lowest BCUT2D eigenvalue weighted by molar-refractivity contribution is 0.700. The van der Waals surface area contributed by atoms with E-state index in [2.05, 4.69) is 9.98 Å². The maximum Gasteiger partial charge on any atom is 0.249 e. The summed E-state index contributed by atoms with van der Waals surface area (Å²) in [6.07, 6.45) is 0. The van der Waals surface area contributed by atoms with Gasteiger partial charge in [0, 0.05) is 0 Å². The van der Waals surface area contributed by atoms with Crippen LogP contribution in [0.1, 0.15) is 0 Å². The Hall–Kier alpha value is -1.00. The van der Waals surface area contributed by atoms with Crippen LogP contribution >= 0.6 is 11.6 Å². The molecule has 0 atom stereocenters. The van der Waals surface area contributed by atoms with Gasteiger partial charge in [-0.15, -0.1) is 0 Å². The summed E-state index contributed by atoms with van der Waals surface area (Å²) < 4.78 is 10.4. The molecule has 1 heterocycles. The minimum atomic E-state index is 0.220. The van der Waals surface area contributed by atoms with Crippen LogP contribution in [0.15, 0.2) is 28.2 Å². The van der Waals surface area contributed by atoms with Crippen molar-refractivity contribution in [3.05, 3.63) is 33.9 Å². The summed E-state index contributed by atoms with van der Waals surface area (Å²) in [5, 5.41) is 2.01. The molecule has 0 saturated heterocycles. The van der Waals surface area contributed by atoms with Crippen LogP contribution in [-0.4, -0.2) is 9.32 Å². The molecule has 0 unspecified atom stereocenters. The number of fused-ring (bicyclic) bond motifs is 1. The average molecular weight is 199 g/mol. The van der Waals surface area contributed by atoms with Crippen molar-refractivity contribution in [2.45, 2.75) is 0 Å². The number of halogens is 1. The van der Waals surface area contributed by atoms with Crippen molar-refractivity contribution in [3.8, 4) is 0 Å². The van der Waals surface area contributed by atoms with Gasteiger partial charge in [-0.25, -0.2) is 14.2 Å². The van der Waals surface area contributed by atoms with Crippen molar-refractivity contribution < 1.29 is 4.21 Å². The van der Waals surface area contributed by atoms with Crippen molar-refractivity contribution in [2.75, 3.05) is 0 Å². The summed E-state index contributed by atoms with van der Waals surface area (Å²) in [5.41, 5.74) is 0. The summed E-state index contributed by atoms with van der Waals surface area (Å²) in [6, 6.07) is 5.27. The van der Waals surface area contributed by atoms with Crippen LogP contribution in [0.2, 0.25) is 5.02 Å². The molecule has 1 aromatic rings. The highest BCUT2D eigenvalue weighted by Crippen LogP contribution is 1.98. The lowest BCUT2D eigenvalue weighted by Gasteiger charge is -1.83. The van der Waals surface area contributed by atoms with Crippen molar-refractivity contribution in [1.82, 2.24) is 0 Å². The first-order chi connectivity index (χ1) is 5.81. The molecule has 1 aliphatic rings. The van der Waals surface area contributed by atoms with Crippen molar-refractivity contribution in [2.24, 2.45) is 9.98 Å². The van der Waals surface area contributed by atoms with Gasteiger partial charge in [0.05, 0.1) is 10.4 Å². The van der Waals surface area contributed by atoms with Crippen LogP contribution in [0.4, 0.5) is 0 Å². The largest absolute Gasteiger partial charge is 0.249 e. The first kappa shape index (κ1) is 7.64. The number of hydrogen-bond donors (Lipinski definition) is 0. The van der Waals surface area contributed by atoms with Gasteiger partial charge in [-0.05, 0) is 12.1 Å². The third-order valence-corrected chi connectivity index (χ3v) is 2.10. The topological polar surface area (TPSA) is 41.8 Å². The normalized spacial score (nSPS) is 13.2. The van der Waals surface area contributed by atoms with Gasteiger partial charge in [0.2, 0.25) is 5.11 Å². The molecule has 60 valence electrons. The van der Waals surface area contributed by atoms with Crippen LogP contribution in [0.3, 0.4) is 0 Å². The van der Waals surface area contributed by atoms with Gasteiger partial charge in [0.1, 0.15) is 16.6 Å². The predicted octanol–water partition coefficient (Wildman–Crippen LogP) is -0.107. The Morgan fingerprint density at radius 2 is 2.17 bits per heavy atom. The van der Waals surface area contributed by atoms with Gasteiger partial charge in [-0.1, -0.05) is 17.7 Å². The van der Waals surface area contributed by atoms with Gasteiger partial charge < -0.3 is 0 Å². The summed E-state index contributed by atoms with van der Waals surface area (Å²) in [7, 11) is 0. The molecule has 1 aliphatic heterocycles. The Kier molecular flexibility index (Phi) is 1.78. The van der Waals surface area contributed by atoms with E-state index < -0.39 is 0 Å². The van der Waals surface area contributed by atoms with E-state index in [9.17, 15) is 4.21 Å². The SMILES string of the molecule is O=S=C1N=c2cccc(Cl)c2=N1. The molecule has 3 nitrogen and oxygen atoms in total. The van der Waals surface area contributed by atoms with Crippen LogP contribution in [0.25, 0.3) is 0 Å². The minimum absolute atomic E-state index is 0.220. The number of hydrogen-bond acceptors (Lipinski definition) is 1. The second-order valence-electron chi connectivity index (χ2n) is 2.20. The standard InChI is InChI=1S/C7H3ClN2OS/c8-4-2-1-3-5-6(4)10-7(9-5)12-11/h1-3H. The second kappa shape index (κ2) is 2.80. The summed E-state index contributed by atoms with van der Waals surface area (Å²) >= 11 is 6.09. The molecule has 0 saturated carbocycles. The van der Waals surface area contributed by atoms with Gasteiger partial charge in [0.25, 0.3) is 0 Å². The zero-order valence-corrected chi connectivity index (χ0v) is 7.39. The van der Waals surface area contributed by atoms with Crippen LogP contribution in [-0.2, 0) is 11.3 Å². The van der Waals surface area contributed by atoms with Gasteiger partial charge in [-0.3, -0.25) is 0 Å². The fourth-order valence-corrected chi connectivity index (χ4v) is 1.44. The summed E-state index contributed by atoms with van der Waals surface area (Å²) in [5.74, 6) is 0. The van der Waals surface area contributed by atoms with Crippen molar-refractivity contribution in [1.29, 1.82) is 0 Å². The highest BCUT2D eigenvalue weighted by atomic mass is 35.5. The molecule has 1 aromatic carbocycles. The Labute approximate surface area is 76.5 Å². The number of nitrogens with zero attached hydrogens (tertiary/aromatic N) is 2. The zero-order valence-electron chi connectivity index (χ0n) is 5.82. The number of para-hydroxylation sites is 1.